The standard InChI is InChI=1S/C15H14F2N2O/c1-9-3-2-4-13(18)15(9)19-14(20)7-10-5-6-11(16)8-12(10)17/h2-6,8H,7,18H2,1H3,(H,19,20). The molecule has 5 heteroatoms. The highest BCUT2D eigenvalue weighted by atomic mass is 19.1. The quantitative estimate of drug-likeness (QED) is 0.847. The van der Waals surface area contributed by atoms with Crippen LogP contribution in [0.1, 0.15) is 11.1 Å². The van der Waals surface area contributed by atoms with Crippen molar-refractivity contribution in [2.75, 3.05) is 11.1 Å². The smallest absolute Gasteiger partial charge is 0.228 e. The minimum atomic E-state index is -0.738. The molecule has 0 atom stereocenters. The van der Waals surface area contributed by atoms with Gasteiger partial charge in [0.25, 0.3) is 0 Å². The molecule has 0 spiro atoms. The molecular formula is C15H14F2N2O. The van der Waals surface area contributed by atoms with Crippen LogP contribution in [0.5, 0.6) is 0 Å². The lowest BCUT2D eigenvalue weighted by Crippen LogP contribution is -2.17. The van der Waals surface area contributed by atoms with Crippen molar-refractivity contribution < 1.29 is 13.6 Å². The third-order valence-corrected chi connectivity index (χ3v) is 2.94. The molecule has 0 fully saturated rings. The molecule has 0 bridgehead atoms. The fraction of sp³-hybridized carbons (Fsp3) is 0.133. The Bertz CT molecular complexity index is 636. The van der Waals surface area contributed by atoms with E-state index in [-0.39, 0.29) is 12.0 Å². The minimum absolute atomic E-state index is 0.135. The second-order valence-electron chi connectivity index (χ2n) is 4.50. The first-order chi connectivity index (χ1) is 9.47. The number of carbonyl (C=O) groups is 1. The number of rotatable bonds is 3. The Morgan fingerprint density at radius 2 is 2.00 bits per heavy atom. The maximum atomic E-state index is 13.5. The summed E-state index contributed by atoms with van der Waals surface area (Å²) >= 11 is 0. The average Bonchev–Trinajstić information content (AvgIpc) is 2.37. The summed E-state index contributed by atoms with van der Waals surface area (Å²) in [7, 11) is 0. The number of benzene rings is 2. The highest BCUT2D eigenvalue weighted by Crippen LogP contribution is 2.22. The fourth-order valence-corrected chi connectivity index (χ4v) is 1.88. The number of halogens is 2. The number of nitrogen functional groups attached to an aromatic ring is 1. The van der Waals surface area contributed by atoms with Crippen LogP contribution in [0, 0.1) is 18.6 Å². The number of amides is 1. The first-order valence-electron chi connectivity index (χ1n) is 6.06. The van der Waals surface area contributed by atoms with E-state index in [4.69, 9.17) is 5.73 Å². The topological polar surface area (TPSA) is 55.1 Å². The molecule has 0 heterocycles. The molecule has 0 aromatic heterocycles. The average molecular weight is 276 g/mol. The van der Waals surface area contributed by atoms with E-state index in [2.05, 4.69) is 5.32 Å². The number of hydrogen-bond donors (Lipinski definition) is 2. The lowest BCUT2D eigenvalue weighted by molar-refractivity contribution is -0.115. The molecule has 0 aliphatic carbocycles. The van der Waals surface area contributed by atoms with E-state index in [9.17, 15) is 13.6 Å². The Morgan fingerprint density at radius 1 is 1.25 bits per heavy atom. The Balaban J connectivity index is 2.13. The van der Waals surface area contributed by atoms with Gasteiger partial charge >= 0.3 is 0 Å². The normalized spacial score (nSPS) is 10.3. The number of anilines is 2. The van der Waals surface area contributed by atoms with Crippen molar-refractivity contribution in [1.82, 2.24) is 0 Å². The monoisotopic (exact) mass is 276 g/mol. The highest BCUT2D eigenvalue weighted by molar-refractivity contribution is 5.96. The van der Waals surface area contributed by atoms with Crippen molar-refractivity contribution in [2.45, 2.75) is 13.3 Å². The van der Waals surface area contributed by atoms with Gasteiger partial charge in [-0.2, -0.15) is 0 Å². The molecule has 0 saturated carbocycles. The van der Waals surface area contributed by atoms with E-state index in [1.165, 1.54) is 6.07 Å². The third kappa shape index (κ3) is 3.12. The van der Waals surface area contributed by atoms with Gasteiger partial charge in [0.15, 0.2) is 0 Å². The molecular weight excluding hydrogens is 262 g/mol. The van der Waals surface area contributed by atoms with Crippen LogP contribution in [0.25, 0.3) is 0 Å². The molecule has 2 aromatic carbocycles. The van der Waals surface area contributed by atoms with Gasteiger partial charge in [0.2, 0.25) is 5.91 Å². The zero-order chi connectivity index (χ0) is 14.7. The zero-order valence-electron chi connectivity index (χ0n) is 10.9. The van der Waals surface area contributed by atoms with Crippen molar-refractivity contribution in [3.63, 3.8) is 0 Å². The molecule has 1 amide bonds. The maximum Gasteiger partial charge on any atom is 0.228 e. The van der Waals surface area contributed by atoms with Crippen LogP contribution in [0.3, 0.4) is 0 Å². The van der Waals surface area contributed by atoms with Gasteiger partial charge in [0, 0.05) is 6.07 Å². The van der Waals surface area contributed by atoms with Crippen molar-refractivity contribution in [3.05, 3.63) is 59.2 Å². The molecule has 0 aliphatic rings. The summed E-state index contributed by atoms with van der Waals surface area (Å²) in [4.78, 5) is 11.9. The van der Waals surface area contributed by atoms with Crippen molar-refractivity contribution in [3.8, 4) is 0 Å². The van der Waals surface area contributed by atoms with Gasteiger partial charge in [-0.25, -0.2) is 8.78 Å². The molecule has 0 aliphatic heterocycles. The predicted molar refractivity (Wildman–Crippen MR) is 74.3 cm³/mol. The van der Waals surface area contributed by atoms with Crippen LogP contribution in [0.2, 0.25) is 0 Å². The zero-order valence-corrected chi connectivity index (χ0v) is 10.9. The predicted octanol–water partition coefficient (Wildman–Crippen LogP) is 3.04. The largest absolute Gasteiger partial charge is 0.397 e. The van der Waals surface area contributed by atoms with Crippen LogP contribution in [-0.2, 0) is 11.2 Å². The van der Waals surface area contributed by atoms with Crippen LogP contribution in [-0.4, -0.2) is 5.91 Å². The summed E-state index contributed by atoms with van der Waals surface area (Å²) in [5, 5.41) is 2.64. The van der Waals surface area contributed by atoms with E-state index in [0.29, 0.717) is 11.4 Å². The van der Waals surface area contributed by atoms with E-state index in [0.717, 1.165) is 17.7 Å². The third-order valence-electron chi connectivity index (χ3n) is 2.94. The van der Waals surface area contributed by atoms with E-state index >= 15 is 0 Å². The van der Waals surface area contributed by atoms with Gasteiger partial charge in [-0.1, -0.05) is 18.2 Å². The number of nitrogens with one attached hydrogen (secondary N) is 1. The Morgan fingerprint density at radius 3 is 2.65 bits per heavy atom. The van der Waals surface area contributed by atoms with Crippen LogP contribution >= 0.6 is 0 Å². The molecule has 0 radical (unpaired) electrons. The van der Waals surface area contributed by atoms with E-state index < -0.39 is 17.5 Å². The summed E-state index contributed by atoms with van der Waals surface area (Å²) in [6.45, 7) is 1.81. The van der Waals surface area contributed by atoms with Crippen molar-refractivity contribution >= 4 is 17.3 Å². The number of aryl methyl sites for hydroxylation is 1. The Hall–Kier alpha value is -2.43. The highest BCUT2D eigenvalue weighted by Gasteiger charge is 2.11. The molecule has 0 saturated heterocycles. The molecule has 3 N–H and O–H groups in total. The summed E-state index contributed by atoms with van der Waals surface area (Å²) in [5.41, 5.74) is 7.68. The maximum absolute atomic E-state index is 13.5. The van der Waals surface area contributed by atoms with Crippen molar-refractivity contribution in [2.24, 2.45) is 0 Å². The van der Waals surface area contributed by atoms with Crippen LogP contribution < -0.4 is 11.1 Å². The number of para-hydroxylation sites is 1. The van der Waals surface area contributed by atoms with Gasteiger partial charge in [0.05, 0.1) is 17.8 Å². The molecule has 2 rings (SSSR count). The van der Waals surface area contributed by atoms with Gasteiger partial charge in [-0.05, 0) is 30.2 Å². The molecule has 0 unspecified atom stereocenters. The lowest BCUT2D eigenvalue weighted by atomic mass is 10.1. The van der Waals surface area contributed by atoms with Crippen molar-refractivity contribution in [1.29, 1.82) is 0 Å². The summed E-state index contributed by atoms with van der Waals surface area (Å²) in [5.74, 6) is -1.82. The molecule has 104 valence electrons. The minimum Gasteiger partial charge on any atom is -0.397 e. The molecule has 3 nitrogen and oxygen atoms in total. The number of hydrogen-bond acceptors (Lipinski definition) is 2. The van der Waals surface area contributed by atoms with Gasteiger partial charge in [-0.3, -0.25) is 4.79 Å². The van der Waals surface area contributed by atoms with Gasteiger partial charge < -0.3 is 11.1 Å². The van der Waals surface area contributed by atoms with Gasteiger partial charge in [-0.15, -0.1) is 0 Å². The second kappa shape index (κ2) is 5.69. The fourth-order valence-electron chi connectivity index (χ4n) is 1.88. The number of carbonyl (C=O) groups excluding carboxylic acids is 1. The van der Waals surface area contributed by atoms with E-state index in [1.807, 2.05) is 13.0 Å². The van der Waals surface area contributed by atoms with Crippen LogP contribution in [0.4, 0.5) is 20.2 Å². The lowest BCUT2D eigenvalue weighted by Gasteiger charge is -2.11. The summed E-state index contributed by atoms with van der Waals surface area (Å²) < 4.78 is 26.2. The SMILES string of the molecule is Cc1cccc(N)c1NC(=O)Cc1ccc(F)cc1F. The molecule has 2 aromatic rings. The summed E-state index contributed by atoms with van der Waals surface area (Å²) in [6, 6.07) is 8.38. The van der Waals surface area contributed by atoms with Gasteiger partial charge in [0.1, 0.15) is 11.6 Å². The first kappa shape index (κ1) is 14.0. The molecule has 20 heavy (non-hydrogen) atoms. The second-order valence-corrected chi connectivity index (χ2v) is 4.50. The van der Waals surface area contributed by atoms with Crippen LogP contribution in [0.15, 0.2) is 36.4 Å². The first-order valence-corrected chi connectivity index (χ1v) is 6.06. The Labute approximate surface area is 115 Å². The van der Waals surface area contributed by atoms with E-state index in [1.54, 1.807) is 12.1 Å². The summed E-state index contributed by atoms with van der Waals surface area (Å²) in [6.07, 6.45) is -0.181. The Kier molecular flexibility index (Phi) is 3.98. The number of nitrogens with two attached hydrogens (primary N) is 1.